The molecule has 0 bridgehead atoms. The van der Waals surface area contributed by atoms with Crippen molar-refractivity contribution in [3.05, 3.63) is 22.2 Å². The summed E-state index contributed by atoms with van der Waals surface area (Å²) in [6, 6.07) is 1.70. The minimum atomic E-state index is 0.319. The maximum absolute atomic E-state index is 5.57. The average Bonchev–Trinajstić information content (AvgIpc) is 1.59. The topological polar surface area (TPSA) is 27.0 Å². The van der Waals surface area contributed by atoms with Gasteiger partial charge in [-0.05, 0) is 16.6 Å². The molecule has 0 spiro atoms. The van der Waals surface area contributed by atoms with Crippen molar-refractivity contribution in [1.82, 2.24) is 4.98 Å². The van der Waals surface area contributed by atoms with Gasteiger partial charge >= 0.3 is 5.28 Å². The van der Waals surface area contributed by atoms with Crippen molar-refractivity contribution in [3.63, 3.8) is 0 Å². The van der Waals surface area contributed by atoms with Crippen molar-refractivity contribution in [3.8, 4) is 0 Å². The van der Waals surface area contributed by atoms with E-state index in [0.717, 1.165) is 5.69 Å². The van der Waals surface area contributed by atoms with Gasteiger partial charge in [0, 0.05) is 24.6 Å². The number of aromatic amines is 1. The molecular formula is C5H5Cl2N2+. The summed E-state index contributed by atoms with van der Waals surface area (Å²) in [6.07, 6.45) is 0. The van der Waals surface area contributed by atoms with E-state index in [2.05, 4.69) is 9.97 Å². The minimum Gasteiger partial charge on any atom is -0.217 e. The number of halogens is 2. The molecule has 9 heavy (non-hydrogen) atoms. The van der Waals surface area contributed by atoms with Gasteiger partial charge in [0.15, 0.2) is 10.8 Å². The van der Waals surface area contributed by atoms with Gasteiger partial charge in [-0.3, -0.25) is 0 Å². The Morgan fingerprint density at radius 1 is 1.56 bits per heavy atom. The standard InChI is InChI=1S/C5H4Cl2N2/c1-3-2-4(6)9-5(7)8-3/h2H,1H3/p+1. The van der Waals surface area contributed by atoms with E-state index in [1.165, 1.54) is 0 Å². The molecule has 0 atom stereocenters. The lowest BCUT2D eigenvalue weighted by Gasteiger charge is -1.83. The van der Waals surface area contributed by atoms with Gasteiger partial charge in [0.25, 0.3) is 0 Å². The van der Waals surface area contributed by atoms with E-state index < -0.39 is 0 Å². The van der Waals surface area contributed by atoms with Crippen LogP contribution in [0.5, 0.6) is 0 Å². The molecule has 0 amide bonds. The SMILES string of the molecule is Cc1cc(Cl)[nH+]c(Cl)n1. The first kappa shape index (κ1) is 6.78. The Balaban J connectivity index is 3.17. The number of nitrogens with zero attached hydrogens (tertiary/aromatic N) is 1. The van der Waals surface area contributed by atoms with Crippen molar-refractivity contribution in [2.75, 3.05) is 0 Å². The Labute approximate surface area is 62.8 Å². The molecule has 1 rings (SSSR count). The van der Waals surface area contributed by atoms with Gasteiger partial charge in [-0.25, -0.2) is 4.98 Å². The molecule has 0 radical (unpaired) electrons. The van der Waals surface area contributed by atoms with Crippen LogP contribution in [0.3, 0.4) is 0 Å². The molecule has 0 aliphatic rings. The highest BCUT2D eigenvalue weighted by Crippen LogP contribution is 2.03. The van der Waals surface area contributed by atoms with E-state index in [-0.39, 0.29) is 0 Å². The molecule has 1 aromatic rings. The molecular weight excluding hydrogens is 159 g/mol. The third kappa shape index (κ3) is 1.80. The van der Waals surface area contributed by atoms with E-state index >= 15 is 0 Å². The fraction of sp³-hybridized carbons (Fsp3) is 0.200. The van der Waals surface area contributed by atoms with Crippen LogP contribution < -0.4 is 4.98 Å². The highest BCUT2D eigenvalue weighted by molar-refractivity contribution is 6.29. The summed E-state index contributed by atoms with van der Waals surface area (Å²) in [4.78, 5) is 6.49. The highest BCUT2D eigenvalue weighted by Gasteiger charge is 2.03. The first-order valence-corrected chi connectivity index (χ1v) is 3.16. The second-order valence-electron chi connectivity index (χ2n) is 1.66. The summed E-state index contributed by atoms with van der Waals surface area (Å²) in [5.41, 5.74) is 0.809. The minimum absolute atomic E-state index is 0.319. The fourth-order valence-electron chi connectivity index (χ4n) is 0.533. The zero-order valence-electron chi connectivity index (χ0n) is 4.78. The highest BCUT2D eigenvalue weighted by atomic mass is 35.5. The Hall–Kier alpha value is -0.340. The maximum atomic E-state index is 5.57. The summed E-state index contributed by atoms with van der Waals surface area (Å²) in [5, 5.41) is 0.826. The summed E-state index contributed by atoms with van der Waals surface area (Å²) >= 11 is 11.1. The van der Waals surface area contributed by atoms with E-state index in [9.17, 15) is 0 Å². The predicted molar refractivity (Wildman–Crippen MR) is 35.5 cm³/mol. The Kier molecular flexibility index (Phi) is 1.88. The normalized spacial score (nSPS) is 9.67. The van der Waals surface area contributed by atoms with Crippen molar-refractivity contribution >= 4 is 23.2 Å². The van der Waals surface area contributed by atoms with E-state index in [1.54, 1.807) is 6.07 Å². The molecule has 4 heteroatoms. The Bertz CT molecular complexity index is 174. The Morgan fingerprint density at radius 3 is 2.67 bits per heavy atom. The van der Waals surface area contributed by atoms with Gasteiger partial charge in [0.05, 0.1) is 0 Å². The molecule has 1 heterocycles. The van der Waals surface area contributed by atoms with E-state index in [0.29, 0.717) is 10.4 Å². The van der Waals surface area contributed by atoms with Gasteiger partial charge in [-0.2, -0.15) is 0 Å². The molecule has 0 saturated heterocycles. The van der Waals surface area contributed by atoms with Gasteiger partial charge in [0.1, 0.15) is 0 Å². The van der Waals surface area contributed by atoms with Crippen LogP contribution in [0.25, 0.3) is 0 Å². The molecule has 1 N–H and O–H groups in total. The zero-order valence-corrected chi connectivity index (χ0v) is 6.29. The number of hydrogen-bond acceptors (Lipinski definition) is 1. The van der Waals surface area contributed by atoms with Crippen molar-refractivity contribution < 1.29 is 4.98 Å². The predicted octanol–water partition coefficient (Wildman–Crippen LogP) is 1.51. The van der Waals surface area contributed by atoms with Gasteiger partial charge in [-0.1, -0.05) is 0 Å². The number of aromatic nitrogens is 2. The average molecular weight is 164 g/mol. The largest absolute Gasteiger partial charge is 0.395 e. The molecule has 0 aromatic carbocycles. The Morgan fingerprint density at radius 2 is 2.22 bits per heavy atom. The lowest BCUT2D eigenvalue weighted by atomic mass is 10.5. The molecule has 0 unspecified atom stereocenters. The summed E-state index contributed by atoms with van der Waals surface area (Å²) < 4.78 is 0. The first-order chi connectivity index (χ1) is 4.18. The number of aryl methyl sites for hydroxylation is 1. The second kappa shape index (κ2) is 2.50. The molecule has 0 aliphatic carbocycles. The molecule has 0 aliphatic heterocycles. The maximum Gasteiger partial charge on any atom is 0.395 e. The van der Waals surface area contributed by atoms with Crippen molar-refractivity contribution in [1.29, 1.82) is 0 Å². The van der Waals surface area contributed by atoms with Crippen LogP contribution in [-0.2, 0) is 0 Å². The number of H-pyrrole nitrogens is 1. The smallest absolute Gasteiger partial charge is 0.217 e. The lowest BCUT2D eigenvalue weighted by Crippen LogP contribution is -2.07. The fourth-order valence-corrected chi connectivity index (χ4v) is 1.06. The van der Waals surface area contributed by atoms with Gasteiger partial charge in [0.2, 0.25) is 0 Å². The molecule has 2 nitrogen and oxygen atoms in total. The summed E-state index contributed by atoms with van der Waals surface area (Å²) in [6.45, 7) is 1.82. The second-order valence-corrected chi connectivity index (χ2v) is 2.43. The van der Waals surface area contributed by atoms with Crippen LogP contribution in [0.4, 0.5) is 0 Å². The van der Waals surface area contributed by atoms with Crippen LogP contribution in [-0.4, -0.2) is 4.98 Å². The monoisotopic (exact) mass is 163 g/mol. The molecule has 1 aromatic heterocycles. The first-order valence-electron chi connectivity index (χ1n) is 2.40. The quantitative estimate of drug-likeness (QED) is 0.421. The van der Waals surface area contributed by atoms with Gasteiger partial charge < -0.3 is 0 Å². The summed E-state index contributed by atoms with van der Waals surface area (Å²) in [7, 11) is 0. The van der Waals surface area contributed by atoms with Crippen LogP contribution >= 0.6 is 23.2 Å². The van der Waals surface area contributed by atoms with E-state index in [1.807, 2.05) is 6.92 Å². The van der Waals surface area contributed by atoms with E-state index in [4.69, 9.17) is 23.2 Å². The molecule has 0 fully saturated rings. The van der Waals surface area contributed by atoms with Crippen LogP contribution in [0.1, 0.15) is 5.69 Å². The number of rotatable bonds is 0. The number of nitrogens with one attached hydrogen (secondary N) is 1. The number of hydrogen-bond donors (Lipinski definition) is 0. The third-order valence-electron chi connectivity index (χ3n) is 0.833. The molecule has 0 saturated carbocycles. The third-order valence-corrected chi connectivity index (χ3v) is 1.22. The molecule has 48 valence electrons. The van der Waals surface area contributed by atoms with Crippen LogP contribution in [0.15, 0.2) is 6.07 Å². The summed E-state index contributed by atoms with van der Waals surface area (Å²) in [5.74, 6) is 0. The van der Waals surface area contributed by atoms with Crippen molar-refractivity contribution in [2.24, 2.45) is 0 Å². The van der Waals surface area contributed by atoms with Crippen molar-refractivity contribution in [2.45, 2.75) is 6.92 Å². The van der Waals surface area contributed by atoms with Crippen LogP contribution in [0.2, 0.25) is 10.4 Å². The van der Waals surface area contributed by atoms with Gasteiger partial charge in [-0.15, -0.1) is 0 Å². The van der Waals surface area contributed by atoms with Crippen LogP contribution in [0, 0.1) is 6.92 Å². The zero-order chi connectivity index (χ0) is 6.85. The lowest BCUT2D eigenvalue weighted by molar-refractivity contribution is -0.377.